The Balaban J connectivity index is 1.91. The van der Waals surface area contributed by atoms with Crippen LogP contribution in [0.2, 0.25) is 0 Å². The molecule has 1 aromatic heterocycles. The van der Waals surface area contributed by atoms with Crippen molar-refractivity contribution in [3.05, 3.63) is 35.2 Å². The molecule has 0 aliphatic rings. The number of aliphatic hydroxyl groups is 1. The van der Waals surface area contributed by atoms with Crippen LogP contribution in [0.1, 0.15) is 25.3 Å². The molecule has 0 aliphatic heterocycles. The highest BCUT2D eigenvalue weighted by Gasteiger charge is 2.05. The lowest BCUT2D eigenvalue weighted by Crippen LogP contribution is -2.26. The van der Waals surface area contributed by atoms with Crippen LogP contribution in [0.25, 0.3) is 10.1 Å². The van der Waals surface area contributed by atoms with Gasteiger partial charge >= 0.3 is 0 Å². The van der Waals surface area contributed by atoms with Crippen molar-refractivity contribution in [2.75, 3.05) is 6.54 Å². The van der Waals surface area contributed by atoms with Gasteiger partial charge in [0.05, 0.1) is 6.10 Å². The van der Waals surface area contributed by atoms with Gasteiger partial charge in [-0.15, -0.1) is 11.3 Å². The summed E-state index contributed by atoms with van der Waals surface area (Å²) in [6, 6.07) is 8.45. The summed E-state index contributed by atoms with van der Waals surface area (Å²) < 4.78 is 1.33. The predicted octanol–water partition coefficient (Wildman–Crippen LogP) is 3.15. The van der Waals surface area contributed by atoms with Crippen LogP contribution in [-0.2, 0) is 6.54 Å². The molecule has 1 heterocycles. The molecule has 0 aliphatic carbocycles. The van der Waals surface area contributed by atoms with Crippen LogP contribution < -0.4 is 5.32 Å². The summed E-state index contributed by atoms with van der Waals surface area (Å²) in [4.78, 5) is 0. The molecule has 0 bridgehead atoms. The van der Waals surface area contributed by atoms with Crippen molar-refractivity contribution in [1.82, 2.24) is 5.32 Å². The highest BCUT2D eigenvalue weighted by Crippen LogP contribution is 2.25. The van der Waals surface area contributed by atoms with E-state index in [1.54, 1.807) is 11.3 Å². The number of fused-ring (bicyclic) bond motifs is 1. The number of nitrogens with one attached hydrogen (secondary N) is 1. The molecular formula is C14H19NOS. The van der Waals surface area contributed by atoms with Crippen molar-refractivity contribution in [3.63, 3.8) is 0 Å². The van der Waals surface area contributed by atoms with Gasteiger partial charge in [0.1, 0.15) is 0 Å². The third kappa shape index (κ3) is 3.28. The minimum absolute atomic E-state index is 0.218. The maximum atomic E-state index is 9.63. The molecule has 2 aromatic rings. The Morgan fingerprint density at radius 2 is 2.18 bits per heavy atom. The molecule has 0 saturated heterocycles. The summed E-state index contributed by atoms with van der Waals surface area (Å²) in [6.07, 6.45) is 1.69. The fourth-order valence-electron chi connectivity index (χ4n) is 1.98. The normalized spacial score (nSPS) is 13.1. The Bertz CT molecular complexity index is 466. The zero-order valence-corrected chi connectivity index (χ0v) is 11.0. The Hall–Kier alpha value is -0.900. The lowest BCUT2D eigenvalue weighted by Gasteiger charge is -2.10. The molecule has 92 valence electrons. The van der Waals surface area contributed by atoms with E-state index in [-0.39, 0.29) is 6.10 Å². The standard InChI is InChI=1S/C14H19NOS/c1-2-5-12(16)9-15-8-11-10-17-14-7-4-3-6-13(11)14/h3-4,6-7,10,12,15-16H,2,5,8-9H2,1H3. The van der Waals surface area contributed by atoms with Gasteiger partial charge in [0.2, 0.25) is 0 Å². The second-order valence-electron chi connectivity index (χ2n) is 4.33. The predicted molar refractivity (Wildman–Crippen MR) is 74.4 cm³/mol. The molecule has 17 heavy (non-hydrogen) atoms. The molecule has 0 amide bonds. The molecule has 2 nitrogen and oxygen atoms in total. The maximum absolute atomic E-state index is 9.63. The first-order chi connectivity index (χ1) is 8.31. The van der Waals surface area contributed by atoms with Crippen LogP contribution >= 0.6 is 11.3 Å². The monoisotopic (exact) mass is 249 g/mol. The molecule has 2 N–H and O–H groups in total. The highest BCUT2D eigenvalue weighted by atomic mass is 32.1. The van der Waals surface area contributed by atoms with E-state index in [2.05, 4.69) is 41.9 Å². The number of aliphatic hydroxyl groups excluding tert-OH is 1. The smallest absolute Gasteiger partial charge is 0.0664 e. The summed E-state index contributed by atoms with van der Waals surface area (Å²) in [7, 11) is 0. The first-order valence-corrected chi connectivity index (χ1v) is 7.03. The summed E-state index contributed by atoms with van der Waals surface area (Å²) in [6.45, 7) is 3.61. The quantitative estimate of drug-likeness (QED) is 0.824. The van der Waals surface area contributed by atoms with Crippen molar-refractivity contribution in [1.29, 1.82) is 0 Å². The number of hydrogen-bond donors (Lipinski definition) is 2. The van der Waals surface area contributed by atoms with E-state index in [1.807, 2.05) is 0 Å². The van der Waals surface area contributed by atoms with Gasteiger partial charge in [0, 0.05) is 17.8 Å². The Morgan fingerprint density at radius 1 is 1.35 bits per heavy atom. The van der Waals surface area contributed by atoms with Crippen LogP contribution in [-0.4, -0.2) is 17.8 Å². The second-order valence-corrected chi connectivity index (χ2v) is 5.24. The van der Waals surface area contributed by atoms with Crippen molar-refractivity contribution in [2.45, 2.75) is 32.4 Å². The first kappa shape index (κ1) is 12.6. The average Bonchev–Trinajstić information content (AvgIpc) is 2.73. The van der Waals surface area contributed by atoms with Gasteiger partial charge < -0.3 is 10.4 Å². The minimum Gasteiger partial charge on any atom is -0.392 e. The van der Waals surface area contributed by atoms with Gasteiger partial charge in [0.25, 0.3) is 0 Å². The molecular weight excluding hydrogens is 230 g/mol. The van der Waals surface area contributed by atoms with E-state index in [4.69, 9.17) is 0 Å². The van der Waals surface area contributed by atoms with Crippen LogP contribution in [0.5, 0.6) is 0 Å². The Labute approximate surface area is 106 Å². The van der Waals surface area contributed by atoms with Crippen molar-refractivity contribution in [2.24, 2.45) is 0 Å². The van der Waals surface area contributed by atoms with Gasteiger partial charge in [-0.3, -0.25) is 0 Å². The Morgan fingerprint density at radius 3 is 3.00 bits per heavy atom. The van der Waals surface area contributed by atoms with E-state index in [0.29, 0.717) is 6.54 Å². The molecule has 0 radical (unpaired) electrons. The molecule has 2 rings (SSSR count). The molecule has 1 unspecified atom stereocenters. The third-order valence-corrected chi connectivity index (χ3v) is 3.89. The molecule has 0 spiro atoms. The molecule has 1 aromatic carbocycles. The maximum Gasteiger partial charge on any atom is 0.0664 e. The van der Waals surface area contributed by atoms with Gasteiger partial charge in [-0.1, -0.05) is 31.5 Å². The molecule has 0 saturated carbocycles. The summed E-state index contributed by atoms with van der Waals surface area (Å²) in [5, 5.41) is 16.5. The summed E-state index contributed by atoms with van der Waals surface area (Å²) >= 11 is 1.78. The number of thiophene rings is 1. The van der Waals surface area contributed by atoms with Crippen molar-refractivity contribution < 1.29 is 5.11 Å². The van der Waals surface area contributed by atoms with E-state index in [9.17, 15) is 5.11 Å². The fourth-order valence-corrected chi connectivity index (χ4v) is 2.94. The third-order valence-electron chi connectivity index (χ3n) is 2.88. The van der Waals surface area contributed by atoms with Gasteiger partial charge in [-0.25, -0.2) is 0 Å². The van der Waals surface area contributed by atoms with Crippen LogP contribution in [0, 0.1) is 0 Å². The van der Waals surface area contributed by atoms with Crippen LogP contribution in [0.4, 0.5) is 0 Å². The Kier molecular flexibility index (Phi) is 4.54. The SMILES string of the molecule is CCCC(O)CNCc1csc2ccccc12. The second kappa shape index (κ2) is 6.15. The zero-order chi connectivity index (χ0) is 12.1. The van der Waals surface area contributed by atoms with E-state index >= 15 is 0 Å². The highest BCUT2D eigenvalue weighted by molar-refractivity contribution is 7.17. The van der Waals surface area contributed by atoms with Gasteiger partial charge in [0.15, 0.2) is 0 Å². The van der Waals surface area contributed by atoms with Gasteiger partial charge in [-0.2, -0.15) is 0 Å². The number of rotatable bonds is 6. The minimum atomic E-state index is -0.218. The number of benzene rings is 1. The molecule has 3 heteroatoms. The molecule has 0 fully saturated rings. The van der Waals surface area contributed by atoms with Crippen molar-refractivity contribution in [3.8, 4) is 0 Å². The average molecular weight is 249 g/mol. The topological polar surface area (TPSA) is 32.3 Å². The van der Waals surface area contributed by atoms with E-state index in [0.717, 1.165) is 19.4 Å². The lowest BCUT2D eigenvalue weighted by molar-refractivity contribution is 0.160. The summed E-state index contributed by atoms with van der Waals surface area (Å²) in [5.74, 6) is 0. The summed E-state index contributed by atoms with van der Waals surface area (Å²) in [5.41, 5.74) is 1.33. The van der Waals surface area contributed by atoms with Gasteiger partial charge in [-0.05, 0) is 28.8 Å². The fraction of sp³-hybridized carbons (Fsp3) is 0.429. The number of hydrogen-bond acceptors (Lipinski definition) is 3. The first-order valence-electron chi connectivity index (χ1n) is 6.15. The van der Waals surface area contributed by atoms with E-state index in [1.165, 1.54) is 15.6 Å². The van der Waals surface area contributed by atoms with E-state index < -0.39 is 0 Å². The zero-order valence-electron chi connectivity index (χ0n) is 10.1. The largest absolute Gasteiger partial charge is 0.392 e. The van der Waals surface area contributed by atoms with Crippen molar-refractivity contribution >= 4 is 21.4 Å². The molecule has 1 atom stereocenters. The van der Waals surface area contributed by atoms with Crippen LogP contribution in [0.3, 0.4) is 0 Å². The lowest BCUT2D eigenvalue weighted by atomic mass is 10.1. The van der Waals surface area contributed by atoms with Crippen LogP contribution in [0.15, 0.2) is 29.6 Å².